The normalized spacial score (nSPS) is 29.4. The van der Waals surface area contributed by atoms with E-state index in [1.165, 1.54) is 0 Å². The molecule has 0 spiro atoms. The van der Waals surface area contributed by atoms with E-state index in [1.807, 2.05) is 0 Å². The van der Waals surface area contributed by atoms with E-state index in [9.17, 15) is 38.6 Å². The lowest BCUT2D eigenvalue weighted by Crippen LogP contribution is -2.43. The molecular formula is C22H25N3O15P2. The molecule has 7 atom stereocenters. The van der Waals surface area contributed by atoms with E-state index in [-0.39, 0.29) is 19.6 Å². The minimum absolute atomic E-state index is 0.0211. The van der Waals surface area contributed by atoms with Crippen LogP contribution in [0.3, 0.4) is 0 Å². The second-order valence-corrected chi connectivity index (χ2v) is 12.4. The van der Waals surface area contributed by atoms with Gasteiger partial charge in [-0.15, -0.1) is 0 Å². The van der Waals surface area contributed by atoms with Gasteiger partial charge >= 0.3 is 27.3 Å². The molecule has 0 aliphatic carbocycles. The third kappa shape index (κ3) is 6.48. The molecule has 228 valence electrons. The molecule has 1 aromatic carbocycles. The van der Waals surface area contributed by atoms with Crippen molar-refractivity contribution in [3.05, 3.63) is 63.1 Å². The average Bonchev–Trinajstić information content (AvgIpc) is 3.45. The zero-order valence-electron chi connectivity index (χ0n) is 21.7. The number of rotatable bonds is 9. The van der Waals surface area contributed by atoms with Crippen molar-refractivity contribution < 1.29 is 60.9 Å². The lowest BCUT2D eigenvalue weighted by Gasteiger charge is -2.28. The molecule has 3 N–H and O–H groups in total. The van der Waals surface area contributed by atoms with E-state index in [4.69, 9.17) is 27.6 Å². The van der Waals surface area contributed by atoms with Crippen molar-refractivity contribution in [2.24, 2.45) is 0 Å². The third-order valence-corrected chi connectivity index (χ3v) is 9.31. The molecule has 2 aliphatic heterocycles. The Balaban J connectivity index is 1.27. The van der Waals surface area contributed by atoms with Crippen LogP contribution in [-0.4, -0.2) is 73.2 Å². The predicted octanol–water partition coefficient (Wildman–Crippen LogP) is 0.386. The van der Waals surface area contributed by atoms with Crippen LogP contribution in [0.1, 0.15) is 25.3 Å². The molecule has 2 aromatic heterocycles. The predicted molar refractivity (Wildman–Crippen MR) is 136 cm³/mol. The molecule has 2 aliphatic rings. The smallest absolute Gasteiger partial charge is 0.435 e. The number of carbonyl (C=O) groups is 1. The number of ether oxygens (including phenoxy) is 2. The highest BCUT2D eigenvalue weighted by atomic mass is 31.3. The second kappa shape index (κ2) is 11.9. The molecule has 18 nitrogen and oxygen atoms in total. The number of aliphatic hydroxyl groups excluding tert-OH is 2. The summed E-state index contributed by atoms with van der Waals surface area (Å²) in [6.07, 6.45) is -6.86. The first kappa shape index (κ1) is 30.4. The summed E-state index contributed by atoms with van der Waals surface area (Å²) in [5, 5.41) is 25.6. The first-order chi connectivity index (χ1) is 19.9. The van der Waals surface area contributed by atoms with E-state index in [0.29, 0.717) is 16.7 Å². The minimum atomic E-state index is -5.21. The van der Waals surface area contributed by atoms with Crippen molar-refractivity contribution in [1.29, 1.82) is 0 Å². The maximum Gasteiger partial charge on any atom is 0.486 e. The molecule has 2 fully saturated rings. The Morgan fingerprint density at radius 2 is 1.98 bits per heavy atom. The monoisotopic (exact) mass is 633 g/mol. The number of aliphatic hydroxyl groups is 2. The molecule has 0 radical (unpaired) electrons. The molecular weight excluding hydrogens is 608 g/mol. The van der Waals surface area contributed by atoms with E-state index in [1.54, 1.807) is 24.3 Å². The Morgan fingerprint density at radius 3 is 2.74 bits per heavy atom. The van der Waals surface area contributed by atoms with Gasteiger partial charge in [-0.2, -0.15) is 4.31 Å². The molecule has 0 amide bonds. The number of benzene rings is 1. The first-order valence-electron chi connectivity index (χ1n) is 12.3. The van der Waals surface area contributed by atoms with E-state index in [2.05, 4.69) is 9.47 Å². The number of fused-ring (bicyclic) bond motifs is 1. The summed E-state index contributed by atoms with van der Waals surface area (Å²) in [6, 6.07) is 7.85. The Morgan fingerprint density at radius 1 is 1.21 bits per heavy atom. The van der Waals surface area contributed by atoms with Crippen molar-refractivity contribution >= 4 is 32.6 Å². The minimum Gasteiger partial charge on any atom is -0.435 e. The van der Waals surface area contributed by atoms with Crippen LogP contribution in [0.4, 0.5) is 0 Å². The SMILES string of the molecule is CC(=O)OC1CCOP(=O)(OP(=O)(O)OC[C@H]2O[C@@H](n3ccc(=O)n(Cc4noc5ccccc45)c3=O)[C@@H](O)C2O)O1. The lowest BCUT2D eigenvalue weighted by molar-refractivity contribution is -0.169. The van der Waals surface area contributed by atoms with Crippen LogP contribution in [0, 0.1) is 0 Å². The van der Waals surface area contributed by atoms with Gasteiger partial charge in [-0.05, 0) is 12.1 Å². The third-order valence-electron chi connectivity index (χ3n) is 6.22. The Kier molecular flexibility index (Phi) is 8.65. The van der Waals surface area contributed by atoms with Gasteiger partial charge in [-0.3, -0.25) is 27.8 Å². The van der Waals surface area contributed by atoms with Crippen molar-refractivity contribution in [3.8, 4) is 0 Å². The highest BCUT2D eigenvalue weighted by molar-refractivity contribution is 7.61. The Bertz CT molecular complexity index is 1680. The first-order valence-corrected chi connectivity index (χ1v) is 15.3. The number of esters is 1. The second-order valence-electron chi connectivity index (χ2n) is 9.16. The fraction of sp³-hybridized carbons (Fsp3) is 0.455. The summed E-state index contributed by atoms with van der Waals surface area (Å²) < 4.78 is 61.2. The summed E-state index contributed by atoms with van der Waals surface area (Å²) in [5.74, 6) is -0.765. The fourth-order valence-electron chi connectivity index (χ4n) is 4.28. The van der Waals surface area contributed by atoms with Crippen LogP contribution in [0.5, 0.6) is 0 Å². The highest BCUT2D eigenvalue weighted by Crippen LogP contribution is 2.65. The summed E-state index contributed by atoms with van der Waals surface area (Å²) in [6.45, 7) is -0.395. The number of nitrogens with zero attached hydrogens (tertiary/aromatic N) is 3. The van der Waals surface area contributed by atoms with Crippen LogP contribution in [0.2, 0.25) is 0 Å². The van der Waals surface area contributed by atoms with Gasteiger partial charge in [-0.1, -0.05) is 17.3 Å². The average molecular weight is 633 g/mol. The Labute approximate surface area is 235 Å². The quantitative estimate of drug-likeness (QED) is 0.213. The van der Waals surface area contributed by atoms with Crippen molar-refractivity contribution in [1.82, 2.24) is 14.3 Å². The number of hydrogen-bond acceptors (Lipinski definition) is 15. The van der Waals surface area contributed by atoms with Crippen LogP contribution >= 0.6 is 15.6 Å². The summed E-state index contributed by atoms with van der Waals surface area (Å²) in [4.78, 5) is 46.9. The summed E-state index contributed by atoms with van der Waals surface area (Å²) >= 11 is 0. The maximum absolute atomic E-state index is 13.2. The zero-order valence-corrected chi connectivity index (χ0v) is 23.4. The number of para-hydroxylation sites is 1. The van der Waals surface area contributed by atoms with Crippen molar-refractivity contribution in [3.63, 3.8) is 0 Å². The van der Waals surface area contributed by atoms with Gasteiger partial charge < -0.3 is 29.1 Å². The Hall–Kier alpha value is -3.02. The zero-order chi connectivity index (χ0) is 30.2. The van der Waals surface area contributed by atoms with E-state index < -0.39 is 70.3 Å². The molecule has 5 rings (SSSR count). The van der Waals surface area contributed by atoms with E-state index in [0.717, 1.165) is 28.3 Å². The molecule has 2 saturated heterocycles. The number of aromatic nitrogens is 3. The lowest BCUT2D eigenvalue weighted by atomic mass is 10.1. The molecule has 0 bridgehead atoms. The number of carbonyl (C=O) groups excluding carboxylic acids is 1. The largest absolute Gasteiger partial charge is 0.486 e. The van der Waals surface area contributed by atoms with Crippen LogP contribution < -0.4 is 11.2 Å². The molecule has 42 heavy (non-hydrogen) atoms. The van der Waals surface area contributed by atoms with Gasteiger partial charge in [0.25, 0.3) is 5.56 Å². The van der Waals surface area contributed by atoms with Gasteiger partial charge in [0.15, 0.2) is 11.8 Å². The number of phosphoric acid groups is 2. The molecule has 0 saturated carbocycles. The van der Waals surface area contributed by atoms with Crippen LogP contribution in [0.25, 0.3) is 11.0 Å². The standard InChI is InChI=1S/C22H25N3O15P2/c1-12(26)36-18-7-9-34-42(33,39-18)40-41(31,32)35-11-16-19(28)20(29)21(37-16)24-8-6-17(27)25(22(24)30)10-14-13-4-2-3-5-15(13)38-23-14/h2-6,8,16,18-21,28-29H,7,9-11H2,1H3,(H,31,32)/t16-,18?,19?,20+,21-,42?/m1/s1. The number of hydrogen-bond donors (Lipinski definition) is 3. The van der Waals surface area contributed by atoms with Gasteiger partial charge in [0, 0.05) is 31.0 Å². The van der Waals surface area contributed by atoms with Crippen LogP contribution in [0.15, 0.2) is 50.6 Å². The van der Waals surface area contributed by atoms with Crippen molar-refractivity contribution in [2.75, 3.05) is 13.2 Å². The van der Waals surface area contributed by atoms with Gasteiger partial charge in [0.05, 0.1) is 19.8 Å². The van der Waals surface area contributed by atoms with Gasteiger partial charge in [0.1, 0.15) is 24.0 Å². The van der Waals surface area contributed by atoms with Crippen LogP contribution in [-0.2, 0) is 47.8 Å². The van der Waals surface area contributed by atoms with Gasteiger partial charge in [0.2, 0.25) is 6.29 Å². The van der Waals surface area contributed by atoms with E-state index >= 15 is 0 Å². The molecule has 4 unspecified atom stereocenters. The summed E-state index contributed by atoms with van der Waals surface area (Å²) in [7, 11) is -9.92. The molecule has 20 heteroatoms. The highest BCUT2D eigenvalue weighted by Gasteiger charge is 2.48. The summed E-state index contributed by atoms with van der Waals surface area (Å²) in [5.41, 5.74) is -0.869. The number of phosphoric ester groups is 2. The maximum atomic E-state index is 13.2. The molecule has 4 heterocycles. The van der Waals surface area contributed by atoms with Gasteiger partial charge in [-0.25, -0.2) is 18.4 Å². The molecule has 3 aromatic rings. The topological polar surface area (TPSA) is 237 Å². The van der Waals surface area contributed by atoms with Crippen molar-refractivity contribution in [2.45, 2.75) is 50.7 Å². The fourth-order valence-corrected chi connectivity index (χ4v) is 6.99.